The summed E-state index contributed by atoms with van der Waals surface area (Å²) in [4.78, 5) is 11.1. The van der Waals surface area contributed by atoms with E-state index in [0.717, 1.165) is 22.1 Å². The molecule has 0 radical (unpaired) electrons. The van der Waals surface area contributed by atoms with Gasteiger partial charge in [0.2, 0.25) is 10.0 Å². The Morgan fingerprint density at radius 3 is 2.29 bits per heavy atom. The first-order valence-corrected chi connectivity index (χ1v) is 16.7. The van der Waals surface area contributed by atoms with Crippen LogP contribution in [-0.2, 0) is 22.2 Å². The first kappa shape index (κ1) is 30.2. The number of nitro benzene ring substituents is 1. The summed E-state index contributed by atoms with van der Waals surface area (Å²) < 4.78 is 32.9. The fourth-order valence-electron chi connectivity index (χ4n) is 5.23. The smallest absolute Gasteiger partial charge is 0.269 e. The molecule has 1 N–H and O–H groups in total. The molecule has 0 saturated carbocycles. The average Bonchev–Trinajstić information content (AvgIpc) is 3.47. The van der Waals surface area contributed by atoms with Crippen LogP contribution in [0.2, 0.25) is 0 Å². The molecule has 6 aromatic rings. The highest BCUT2D eigenvalue weighted by molar-refractivity contribution is 7.98. The van der Waals surface area contributed by atoms with Gasteiger partial charge in [0.15, 0.2) is 11.0 Å². The Hall–Kier alpha value is -4.84. The van der Waals surface area contributed by atoms with Gasteiger partial charge in [-0.2, -0.15) is 0 Å². The molecule has 0 saturated heterocycles. The molecule has 5 aromatic carbocycles. The summed E-state index contributed by atoms with van der Waals surface area (Å²) in [7, 11) is -4.05. The predicted molar refractivity (Wildman–Crippen MR) is 176 cm³/mol. The number of nitrogens with zero attached hydrogens (tertiary/aromatic N) is 4. The molecule has 11 heteroatoms. The molecule has 1 heterocycles. The Morgan fingerprint density at radius 2 is 1.53 bits per heavy atom. The lowest BCUT2D eigenvalue weighted by Gasteiger charge is -2.21. The number of hydrogen-bond acceptors (Lipinski definition) is 7. The monoisotopic (exact) mass is 635 g/mol. The van der Waals surface area contributed by atoms with Crippen molar-refractivity contribution in [1.29, 1.82) is 0 Å². The van der Waals surface area contributed by atoms with E-state index >= 15 is 0 Å². The second kappa shape index (κ2) is 13.0. The number of non-ortho nitro benzene ring substituents is 1. The highest BCUT2D eigenvalue weighted by Gasteiger charge is 2.29. The van der Waals surface area contributed by atoms with Crippen molar-refractivity contribution in [3.63, 3.8) is 0 Å². The number of aromatic nitrogens is 3. The second-order valence-electron chi connectivity index (χ2n) is 10.6. The van der Waals surface area contributed by atoms with Crippen molar-refractivity contribution in [2.75, 3.05) is 0 Å². The predicted octanol–water partition coefficient (Wildman–Crippen LogP) is 7.19. The van der Waals surface area contributed by atoms with Crippen molar-refractivity contribution >= 4 is 38.2 Å². The Morgan fingerprint density at radius 1 is 0.844 bits per heavy atom. The van der Waals surface area contributed by atoms with E-state index in [9.17, 15) is 18.5 Å². The lowest BCUT2D eigenvalue weighted by atomic mass is 10.1. The van der Waals surface area contributed by atoms with E-state index in [1.54, 1.807) is 34.9 Å². The van der Waals surface area contributed by atoms with Gasteiger partial charge in [-0.1, -0.05) is 108 Å². The molecule has 0 aliphatic rings. The zero-order valence-electron chi connectivity index (χ0n) is 24.3. The molecule has 1 atom stereocenters. The van der Waals surface area contributed by atoms with Crippen LogP contribution < -0.4 is 4.72 Å². The van der Waals surface area contributed by atoms with Gasteiger partial charge >= 0.3 is 0 Å². The number of sulfonamides is 1. The van der Waals surface area contributed by atoms with Crippen LogP contribution in [0.15, 0.2) is 131 Å². The largest absolute Gasteiger partial charge is 0.273 e. The van der Waals surface area contributed by atoms with E-state index < -0.39 is 21.0 Å². The summed E-state index contributed by atoms with van der Waals surface area (Å²) in [5, 5.41) is 22.4. The average molecular weight is 636 g/mol. The third-order valence-electron chi connectivity index (χ3n) is 7.36. The molecule has 0 fully saturated rings. The maximum absolute atomic E-state index is 14.1. The molecular weight excluding hydrogens is 607 g/mol. The lowest BCUT2D eigenvalue weighted by molar-refractivity contribution is -0.384. The highest BCUT2D eigenvalue weighted by atomic mass is 32.2. The molecule has 0 aliphatic carbocycles. The van der Waals surface area contributed by atoms with Gasteiger partial charge in [-0.15, -0.1) is 10.2 Å². The van der Waals surface area contributed by atoms with E-state index in [1.165, 1.54) is 23.9 Å². The third kappa shape index (κ3) is 6.80. The van der Waals surface area contributed by atoms with Crippen LogP contribution in [0.5, 0.6) is 0 Å². The van der Waals surface area contributed by atoms with Crippen LogP contribution >= 0.6 is 11.8 Å². The van der Waals surface area contributed by atoms with E-state index in [4.69, 9.17) is 0 Å². The van der Waals surface area contributed by atoms with Gasteiger partial charge in [0.25, 0.3) is 5.69 Å². The Bertz CT molecular complexity index is 2080. The minimum atomic E-state index is -4.05. The summed E-state index contributed by atoms with van der Waals surface area (Å²) >= 11 is 1.45. The van der Waals surface area contributed by atoms with Gasteiger partial charge in [0.1, 0.15) is 0 Å². The lowest BCUT2D eigenvalue weighted by Crippen LogP contribution is -2.32. The number of hydrogen-bond donors (Lipinski definition) is 1. The third-order valence-corrected chi connectivity index (χ3v) is 9.89. The van der Waals surface area contributed by atoms with Gasteiger partial charge in [0, 0.05) is 29.0 Å². The molecule has 0 spiro atoms. The van der Waals surface area contributed by atoms with E-state index in [2.05, 4.69) is 21.0 Å². The zero-order chi connectivity index (χ0) is 31.4. The summed E-state index contributed by atoms with van der Waals surface area (Å²) in [6, 6.07) is 35.5. The normalized spacial score (nSPS) is 12.3. The number of rotatable bonds is 11. The molecule has 0 bridgehead atoms. The van der Waals surface area contributed by atoms with Crippen LogP contribution in [0.4, 0.5) is 5.69 Å². The minimum absolute atomic E-state index is 0.0557. The summed E-state index contributed by atoms with van der Waals surface area (Å²) in [6.07, 6.45) is 0.290. The maximum atomic E-state index is 14.1. The molecule has 1 unspecified atom stereocenters. The Labute approximate surface area is 265 Å². The molecule has 226 valence electrons. The minimum Gasteiger partial charge on any atom is -0.273 e. The van der Waals surface area contributed by atoms with E-state index in [1.807, 2.05) is 79.7 Å². The van der Waals surface area contributed by atoms with Crippen molar-refractivity contribution in [2.24, 2.45) is 0 Å². The molecular formula is C34H29N5O4S2. The van der Waals surface area contributed by atoms with Crippen molar-refractivity contribution in [2.45, 2.75) is 35.2 Å². The van der Waals surface area contributed by atoms with Crippen LogP contribution in [0.3, 0.4) is 0 Å². The number of nitrogens with one attached hydrogen (secondary N) is 1. The fourth-order valence-corrected chi connectivity index (χ4v) is 7.56. The van der Waals surface area contributed by atoms with Crippen LogP contribution in [-0.4, -0.2) is 28.1 Å². The number of benzene rings is 5. The number of thioether (sulfide) groups is 1. The molecule has 45 heavy (non-hydrogen) atoms. The van der Waals surface area contributed by atoms with Crippen LogP contribution in [0, 0.1) is 17.0 Å². The zero-order valence-corrected chi connectivity index (χ0v) is 25.9. The molecule has 0 amide bonds. The van der Waals surface area contributed by atoms with Crippen molar-refractivity contribution < 1.29 is 13.3 Å². The molecule has 0 aliphatic heterocycles. The van der Waals surface area contributed by atoms with E-state index in [0.29, 0.717) is 34.2 Å². The van der Waals surface area contributed by atoms with Gasteiger partial charge in [-0.3, -0.25) is 14.7 Å². The summed E-state index contributed by atoms with van der Waals surface area (Å²) in [6.45, 7) is 2.03. The quantitative estimate of drug-likeness (QED) is 0.0909. The van der Waals surface area contributed by atoms with Crippen molar-refractivity contribution in [3.8, 4) is 5.69 Å². The SMILES string of the molecule is Cc1cccc(CSc2nnc(C(Cc3ccccc3)NS(=O)(=O)c3cccc4ccccc34)n2-c2ccc([N+](=O)[O-])cc2)c1. The standard InChI is InChI=1S/C34H29N5O4S2/c1-24-9-7-12-26(21-24)23-44-34-36-35-33(38(34)28-17-19-29(20-18-28)39(40)41)31(22-25-10-3-2-4-11-25)37-45(42,43)32-16-8-14-27-13-5-6-15-30(27)32/h2-21,31,37H,22-23H2,1H3. The first-order valence-electron chi connectivity index (χ1n) is 14.2. The second-order valence-corrected chi connectivity index (χ2v) is 13.2. The summed E-state index contributed by atoms with van der Waals surface area (Å²) in [5.41, 5.74) is 3.65. The highest BCUT2D eigenvalue weighted by Crippen LogP contribution is 2.32. The van der Waals surface area contributed by atoms with Gasteiger partial charge in [-0.25, -0.2) is 13.1 Å². The molecule has 9 nitrogen and oxygen atoms in total. The Balaban J connectivity index is 1.45. The topological polar surface area (TPSA) is 120 Å². The van der Waals surface area contributed by atoms with E-state index in [-0.39, 0.29) is 10.6 Å². The van der Waals surface area contributed by atoms with Gasteiger partial charge in [0.05, 0.1) is 15.9 Å². The summed E-state index contributed by atoms with van der Waals surface area (Å²) in [5.74, 6) is 0.959. The molecule has 6 rings (SSSR count). The van der Waals surface area contributed by atoms with Crippen LogP contribution in [0.25, 0.3) is 16.5 Å². The maximum Gasteiger partial charge on any atom is 0.269 e. The first-order chi connectivity index (χ1) is 21.8. The fraction of sp³-hybridized carbons (Fsp3) is 0.118. The van der Waals surface area contributed by atoms with Gasteiger partial charge in [-0.05, 0) is 48.1 Å². The van der Waals surface area contributed by atoms with Crippen molar-refractivity contribution in [1.82, 2.24) is 19.5 Å². The number of fused-ring (bicyclic) bond motifs is 1. The Kier molecular flexibility index (Phi) is 8.74. The van der Waals surface area contributed by atoms with Gasteiger partial charge < -0.3 is 0 Å². The molecule has 1 aromatic heterocycles. The van der Waals surface area contributed by atoms with Crippen LogP contribution in [0.1, 0.15) is 28.6 Å². The number of nitro groups is 1. The van der Waals surface area contributed by atoms with Crippen molar-refractivity contribution in [3.05, 3.63) is 154 Å². The number of aryl methyl sites for hydroxylation is 1.